The molecule has 3 aromatic rings. The van der Waals surface area contributed by atoms with E-state index in [0.717, 1.165) is 11.1 Å². The van der Waals surface area contributed by atoms with Crippen LogP contribution < -0.4 is 5.32 Å². The maximum absolute atomic E-state index is 12.1. The second kappa shape index (κ2) is 7.25. The minimum absolute atomic E-state index is 0.185. The third-order valence-electron chi connectivity index (χ3n) is 4.93. The Morgan fingerprint density at radius 1 is 1.21 bits per heavy atom. The number of carbonyl (C=O) groups is 1. The number of aliphatic hydroxyl groups is 1. The number of hydrogen-bond donors (Lipinski definition) is 2. The summed E-state index contributed by atoms with van der Waals surface area (Å²) >= 11 is 0. The standard InChI is InChI=1S/C21H18N4O3/c1-28-21(27)14(11-22)19-20(24-16-9-5-4-8-15(16)23-19)25-18-13-7-3-2-6-12(13)10-17(18)26/h2-9,14,17-18,26H,10H2,1H3,(H,24,25)/t14-,17-,18+/m0/s1. The second-order valence-electron chi connectivity index (χ2n) is 6.62. The lowest BCUT2D eigenvalue weighted by atomic mass is 10.0. The molecule has 4 rings (SSSR count). The van der Waals surface area contributed by atoms with Crippen molar-refractivity contribution >= 4 is 22.8 Å². The van der Waals surface area contributed by atoms with Gasteiger partial charge in [0.2, 0.25) is 0 Å². The average molecular weight is 374 g/mol. The van der Waals surface area contributed by atoms with E-state index in [4.69, 9.17) is 4.74 Å². The number of esters is 1. The number of carbonyl (C=O) groups excluding carboxylic acids is 1. The van der Waals surface area contributed by atoms with Gasteiger partial charge in [-0.25, -0.2) is 9.97 Å². The fraction of sp³-hybridized carbons (Fsp3) is 0.238. The summed E-state index contributed by atoms with van der Waals surface area (Å²) in [5.74, 6) is -1.64. The Labute approximate surface area is 161 Å². The Kier molecular flexibility index (Phi) is 4.63. The summed E-state index contributed by atoms with van der Waals surface area (Å²) in [5.41, 5.74) is 3.38. The van der Waals surface area contributed by atoms with Crippen LogP contribution in [0.2, 0.25) is 0 Å². The molecule has 0 spiro atoms. The van der Waals surface area contributed by atoms with Gasteiger partial charge in [0.15, 0.2) is 11.7 Å². The molecule has 0 radical (unpaired) electrons. The van der Waals surface area contributed by atoms with Crippen LogP contribution in [0.5, 0.6) is 0 Å². The van der Waals surface area contributed by atoms with E-state index in [1.165, 1.54) is 7.11 Å². The fourth-order valence-electron chi connectivity index (χ4n) is 3.56. The van der Waals surface area contributed by atoms with E-state index < -0.39 is 24.0 Å². The van der Waals surface area contributed by atoms with Crippen molar-refractivity contribution < 1.29 is 14.6 Å². The average Bonchev–Trinajstić information content (AvgIpc) is 3.03. The Morgan fingerprint density at radius 3 is 2.61 bits per heavy atom. The van der Waals surface area contributed by atoms with Crippen molar-refractivity contribution in [3.8, 4) is 6.07 Å². The molecule has 1 aromatic heterocycles. The highest BCUT2D eigenvalue weighted by Crippen LogP contribution is 2.35. The Hall–Kier alpha value is -3.50. The molecule has 0 bridgehead atoms. The molecule has 3 atom stereocenters. The lowest BCUT2D eigenvalue weighted by Gasteiger charge is -2.21. The predicted molar refractivity (Wildman–Crippen MR) is 102 cm³/mol. The maximum atomic E-state index is 12.1. The fourth-order valence-corrected chi connectivity index (χ4v) is 3.56. The van der Waals surface area contributed by atoms with Gasteiger partial charge < -0.3 is 15.2 Å². The molecule has 0 saturated heterocycles. The van der Waals surface area contributed by atoms with Crippen molar-refractivity contribution in [1.82, 2.24) is 9.97 Å². The number of methoxy groups -OCH3 is 1. The number of nitrogens with zero attached hydrogens (tertiary/aromatic N) is 3. The number of fused-ring (bicyclic) bond motifs is 2. The monoisotopic (exact) mass is 374 g/mol. The zero-order valence-electron chi connectivity index (χ0n) is 15.2. The van der Waals surface area contributed by atoms with Crippen LogP contribution in [0.4, 0.5) is 5.82 Å². The normalized spacial score (nSPS) is 18.9. The topological polar surface area (TPSA) is 108 Å². The van der Waals surface area contributed by atoms with Crippen LogP contribution in [-0.4, -0.2) is 34.3 Å². The zero-order valence-corrected chi connectivity index (χ0v) is 15.2. The minimum atomic E-state index is -1.22. The van der Waals surface area contributed by atoms with Gasteiger partial charge in [-0.3, -0.25) is 4.79 Å². The van der Waals surface area contributed by atoms with Crippen LogP contribution in [-0.2, 0) is 16.0 Å². The first-order valence-corrected chi connectivity index (χ1v) is 8.89. The Bertz CT molecular complexity index is 1090. The summed E-state index contributed by atoms with van der Waals surface area (Å²) in [6.45, 7) is 0. The van der Waals surface area contributed by atoms with Crippen molar-refractivity contribution in [2.45, 2.75) is 24.5 Å². The zero-order chi connectivity index (χ0) is 19.7. The molecule has 1 aliphatic carbocycles. The number of ether oxygens (including phenoxy) is 1. The van der Waals surface area contributed by atoms with Crippen LogP contribution in [0.25, 0.3) is 11.0 Å². The first kappa shape index (κ1) is 17.9. The van der Waals surface area contributed by atoms with Crippen molar-refractivity contribution in [1.29, 1.82) is 5.26 Å². The molecule has 7 heteroatoms. The smallest absolute Gasteiger partial charge is 0.329 e. The number of benzene rings is 2. The van der Waals surface area contributed by atoms with Gasteiger partial charge in [0.25, 0.3) is 0 Å². The van der Waals surface area contributed by atoms with E-state index in [1.807, 2.05) is 42.5 Å². The van der Waals surface area contributed by atoms with Gasteiger partial charge in [0.05, 0.1) is 36.4 Å². The van der Waals surface area contributed by atoms with Gasteiger partial charge in [-0.2, -0.15) is 5.26 Å². The lowest BCUT2D eigenvalue weighted by molar-refractivity contribution is -0.141. The molecule has 1 aliphatic rings. The van der Waals surface area contributed by atoms with Crippen LogP contribution in [0, 0.1) is 11.3 Å². The first-order valence-electron chi connectivity index (χ1n) is 8.89. The van der Waals surface area contributed by atoms with Crippen molar-refractivity contribution in [3.05, 3.63) is 65.4 Å². The molecule has 2 aromatic carbocycles. The molecule has 0 saturated carbocycles. The highest BCUT2D eigenvalue weighted by Gasteiger charge is 2.34. The number of hydrogen-bond acceptors (Lipinski definition) is 7. The van der Waals surface area contributed by atoms with Gasteiger partial charge in [-0.05, 0) is 23.3 Å². The number of anilines is 1. The van der Waals surface area contributed by atoms with Crippen LogP contribution in [0.3, 0.4) is 0 Å². The van der Waals surface area contributed by atoms with E-state index in [1.54, 1.807) is 12.1 Å². The number of rotatable bonds is 4. The van der Waals surface area contributed by atoms with E-state index in [9.17, 15) is 15.2 Å². The minimum Gasteiger partial charge on any atom is -0.468 e. The van der Waals surface area contributed by atoms with E-state index in [-0.39, 0.29) is 11.5 Å². The predicted octanol–water partition coefficient (Wildman–Crippen LogP) is 2.48. The molecule has 1 heterocycles. The summed E-state index contributed by atoms with van der Waals surface area (Å²) in [6.07, 6.45) is -0.139. The summed E-state index contributed by atoms with van der Waals surface area (Å²) < 4.78 is 4.77. The van der Waals surface area contributed by atoms with Gasteiger partial charge in [-0.15, -0.1) is 0 Å². The molecule has 0 fully saturated rings. The molecule has 7 nitrogen and oxygen atoms in total. The molecular formula is C21H18N4O3. The summed E-state index contributed by atoms with van der Waals surface area (Å²) in [5, 5.41) is 23.3. The van der Waals surface area contributed by atoms with E-state index >= 15 is 0 Å². The third kappa shape index (κ3) is 3.04. The number of nitrogens with one attached hydrogen (secondary N) is 1. The molecule has 28 heavy (non-hydrogen) atoms. The maximum Gasteiger partial charge on any atom is 0.329 e. The Balaban J connectivity index is 1.82. The summed E-state index contributed by atoms with van der Waals surface area (Å²) in [4.78, 5) is 21.2. The number of para-hydroxylation sites is 2. The largest absolute Gasteiger partial charge is 0.468 e. The van der Waals surface area contributed by atoms with Gasteiger partial charge in [-0.1, -0.05) is 36.4 Å². The van der Waals surface area contributed by atoms with Crippen molar-refractivity contribution in [3.63, 3.8) is 0 Å². The quantitative estimate of drug-likeness (QED) is 0.675. The van der Waals surface area contributed by atoms with E-state index in [0.29, 0.717) is 17.5 Å². The number of nitriles is 1. The van der Waals surface area contributed by atoms with Crippen molar-refractivity contribution in [2.24, 2.45) is 0 Å². The molecule has 0 unspecified atom stereocenters. The molecule has 2 N–H and O–H groups in total. The number of aromatic nitrogens is 2. The molecule has 0 aliphatic heterocycles. The molecular weight excluding hydrogens is 356 g/mol. The highest BCUT2D eigenvalue weighted by atomic mass is 16.5. The second-order valence-corrected chi connectivity index (χ2v) is 6.62. The summed E-state index contributed by atoms with van der Waals surface area (Å²) in [7, 11) is 1.23. The third-order valence-corrected chi connectivity index (χ3v) is 4.93. The van der Waals surface area contributed by atoms with Gasteiger partial charge in [0, 0.05) is 6.42 Å². The van der Waals surface area contributed by atoms with Crippen LogP contribution in [0.15, 0.2) is 48.5 Å². The van der Waals surface area contributed by atoms with Gasteiger partial charge in [0.1, 0.15) is 5.69 Å². The first-order chi connectivity index (χ1) is 13.6. The highest BCUT2D eigenvalue weighted by molar-refractivity contribution is 5.85. The SMILES string of the molecule is COC(=O)[C@@H](C#N)c1nc2ccccc2nc1N[C@@H]1c2ccccc2C[C@@H]1O. The van der Waals surface area contributed by atoms with Crippen LogP contribution >= 0.6 is 0 Å². The van der Waals surface area contributed by atoms with Crippen LogP contribution in [0.1, 0.15) is 28.8 Å². The lowest BCUT2D eigenvalue weighted by Crippen LogP contribution is -2.24. The molecule has 0 amide bonds. The number of aliphatic hydroxyl groups excluding tert-OH is 1. The Morgan fingerprint density at radius 2 is 1.89 bits per heavy atom. The van der Waals surface area contributed by atoms with Crippen molar-refractivity contribution in [2.75, 3.05) is 12.4 Å². The molecule has 140 valence electrons. The van der Waals surface area contributed by atoms with Gasteiger partial charge >= 0.3 is 5.97 Å². The van der Waals surface area contributed by atoms with E-state index in [2.05, 4.69) is 15.3 Å². The summed E-state index contributed by atoms with van der Waals surface area (Å²) in [6, 6.07) is 16.5.